The third kappa shape index (κ3) is 3.14. The molecule has 0 bridgehead atoms. The first-order chi connectivity index (χ1) is 11.2. The maximum absolute atomic E-state index is 12.3. The second-order valence-electron chi connectivity index (χ2n) is 5.49. The molecule has 0 fully saturated rings. The van der Waals surface area contributed by atoms with Gasteiger partial charge < -0.3 is 11.1 Å². The number of amides is 1. The molecule has 6 heteroatoms. The van der Waals surface area contributed by atoms with Crippen molar-refractivity contribution >= 4 is 22.5 Å². The molecule has 1 amide bonds. The van der Waals surface area contributed by atoms with Crippen LogP contribution in [0.25, 0.3) is 10.9 Å². The summed E-state index contributed by atoms with van der Waals surface area (Å²) < 4.78 is 0. The smallest absolute Gasteiger partial charge is 0.253 e. The van der Waals surface area contributed by atoms with Crippen LogP contribution in [-0.2, 0) is 0 Å². The van der Waals surface area contributed by atoms with E-state index >= 15 is 0 Å². The monoisotopic (exact) mass is 307 g/mol. The lowest BCUT2D eigenvalue weighted by Gasteiger charge is -2.11. The minimum atomic E-state index is -0.393. The van der Waals surface area contributed by atoms with E-state index in [1.165, 1.54) is 0 Å². The largest absolute Gasteiger partial charge is 0.396 e. The van der Waals surface area contributed by atoms with Gasteiger partial charge in [-0.3, -0.25) is 9.78 Å². The molecule has 1 aliphatic heterocycles. The lowest BCUT2D eigenvalue weighted by Crippen LogP contribution is -2.29. The molecule has 0 atom stereocenters. The van der Waals surface area contributed by atoms with Gasteiger partial charge in [0.25, 0.3) is 5.91 Å². The zero-order valence-corrected chi connectivity index (χ0v) is 12.6. The molecule has 0 radical (unpaired) electrons. The number of aromatic nitrogens is 1. The average molecular weight is 307 g/mol. The highest BCUT2D eigenvalue weighted by molar-refractivity contribution is 6.06. The van der Waals surface area contributed by atoms with Gasteiger partial charge in [-0.05, 0) is 12.1 Å². The third-order valence-electron chi connectivity index (χ3n) is 3.92. The Labute approximate surface area is 134 Å². The molecule has 1 aliphatic rings. The van der Waals surface area contributed by atoms with Crippen molar-refractivity contribution in [3.8, 4) is 12.3 Å². The summed E-state index contributed by atoms with van der Waals surface area (Å²) in [6.45, 7) is 0.468. The van der Waals surface area contributed by atoms with Crippen molar-refractivity contribution in [2.45, 2.75) is 24.9 Å². The fourth-order valence-corrected chi connectivity index (χ4v) is 2.51. The second-order valence-corrected chi connectivity index (χ2v) is 5.49. The molecule has 0 saturated heterocycles. The van der Waals surface area contributed by atoms with E-state index in [0.717, 1.165) is 11.8 Å². The third-order valence-corrected chi connectivity index (χ3v) is 3.92. The Morgan fingerprint density at radius 3 is 2.87 bits per heavy atom. The normalized spacial score (nSPS) is 14.4. The molecule has 0 saturated carbocycles. The van der Waals surface area contributed by atoms with Crippen molar-refractivity contribution in [1.29, 1.82) is 0 Å². The molecule has 23 heavy (non-hydrogen) atoms. The predicted molar refractivity (Wildman–Crippen MR) is 88.8 cm³/mol. The van der Waals surface area contributed by atoms with Crippen molar-refractivity contribution in [2.24, 2.45) is 10.2 Å². The molecule has 0 unspecified atom stereocenters. The standard InChI is InChI=1S/C17H17N5O/c1-2-3-8-17(21-22-17)9-11-20-16(23)13-7-6-12-5-4-10-19-15(12)14(13)18/h1,4-7,10H,3,8-9,11,18H2,(H,20,23). The van der Waals surface area contributed by atoms with Crippen molar-refractivity contribution in [3.63, 3.8) is 0 Å². The number of benzene rings is 1. The van der Waals surface area contributed by atoms with Gasteiger partial charge in [-0.2, -0.15) is 10.2 Å². The topological polar surface area (TPSA) is 92.7 Å². The molecule has 3 rings (SSSR count). The molecule has 2 heterocycles. The summed E-state index contributed by atoms with van der Waals surface area (Å²) in [5.41, 5.74) is 7.14. The summed E-state index contributed by atoms with van der Waals surface area (Å²) in [6.07, 6.45) is 8.91. The van der Waals surface area contributed by atoms with Crippen molar-refractivity contribution < 1.29 is 4.79 Å². The maximum Gasteiger partial charge on any atom is 0.253 e. The number of anilines is 1. The molecular formula is C17H17N5O. The van der Waals surface area contributed by atoms with Crippen LogP contribution in [0.3, 0.4) is 0 Å². The molecule has 6 nitrogen and oxygen atoms in total. The number of nitrogens with zero attached hydrogens (tertiary/aromatic N) is 3. The van der Waals surface area contributed by atoms with E-state index in [4.69, 9.17) is 12.2 Å². The number of carbonyl (C=O) groups excluding carboxylic acids is 1. The fraction of sp³-hybridized carbons (Fsp3) is 0.294. The van der Waals surface area contributed by atoms with E-state index in [-0.39, 0.29) is 5.91 Å². The minimum absolute atomic E-state index is 0.220. The summed E-state index contributed by atoms with van der Waals surface area (Å²) >= 11 is 0. The zero-order chi connectivity index (χ0) is 16.3. The van der Waals surface area contributed by atoms with Crippen LogP contribution >= 0.6 is 0 Å². The van der Waals surface area contributed by atoms with Gasteiger partial charge in [-0.25, -0.2) is 0 Å². The molecule has 1 aromatic carbocycles. The van der Waals surface area contributed by atoms with Crippen LogP contribution in [-0.4, -0.2) is 23.1 Å². The van der Waals surface area contributed by atoms with Gasteiger partial charge in [-0.1, -0.05) is 12.1 Å². The number of rotatable bonds is 6. The van der Waals surface area contributed by atoms with Crippen LogP contribution in [0, 0.1) is 12.3 Å². The number of carbonyl (C=O) groups is 1. The Bertz CT molecular complexity index is 815. The Balaban J connectivity index is 1.63. The van der Waals surface area contributed by atoms with Gasteiger partial charge in [0.15, 0.2) is 5.66 Å². The quantitative estimate of drug-likeness (QED) is 0.634. The Morgan fingerprint density at radius 2 is 2.13 bits per heavy atom. The van der Waals surface area contributed by atoms with E-state index < -0.39 is 5.66 Å². The molecule has 3 N–H and O–H groups in total. The number of nitrogen functional groups attached to an aromatic ring is 1. The van der Waals surface area contributed by atoms with E-state index in [1.54, 1.807) is 12.3 Å². The SMILES string of the molecule is C#CCCC1(CCNC(=O)c2ccc3cccnc3c2N)N=N1. The lowest BCUT2D eigenvalue weighted by molar-refractivity contribution is 0.0953. The van der Waals surface area contributed by atoms with Crippen molar-refractivity contribution in [2.75, 3.05) is 12.3 Å². The van der Waals surface area contributed by atoms with Gasteiger partial charge in [-0.15, -0.1) is 12.3 Å². The average Bonchev–Trinajstić information content (AvgIpc) is 3.33. The van der Waals surface area contributed by atoms with Crippen LogP contribution in [0.1, 0.15) is 29.6 Å². The highest BCUT2D eigenvalue weighted by atomic mass is 16.1. The number of fused-ring (bicyclic) bond motifs is 1. The van der Waals surface area contributed by atoms with Gasteiger partial charge in [0.05, 0.1) is 16.8 Å². The van der Waals surface area contributed by atoms with Crippen molar-refractivity contribution in [1.82, 2.24) is 10.3 Å². The molecule has 116 valence electrons. The van der Waals surface area contributed by atoms with Gasteiger partial charge in [0.2, 0.25) is 0 Å². The minimum Gasteiger partial charge on any atom is -0.396 e. The van der Waals surface area contributed by atoms with Gasteiger partial charge in [0.1, 0.15) is 0 Å². The van der Waals surface area contributed by atoms with Crippen molar-refractivity contribution in [3.05, 3.63) is 36.0 Å². The Hall–Kier alpha value is -2.94. The highest BCUT2D eigenvalue weighted by Crippen LogP contribution is 2.36. The maximum atomic E-state index is 12.3. The van der Waals surface area contributed by atoms with E-state index in [1.807, 2.05) is 18.2 Å². The van der Waals surface area contributed by atoms with Crippen LogP contribution < -0.4 is 11.1 Å². The number of hydrogen-bond donors (Lipinski definition) is 2. The number of hydrogen-bond acceptors (Lipinski definition) is 5. The Kier molecular flexibility index (Phi) is 3.94. The second kappa shape index (κ2) is 6.05. The number of nitrogens with one attached hydrogen (secondary N) is 1. The van der Waals surface area contributed by atoms with Crippen LogP contribution in [0.15, 0.2) is 40.7 Å². The van der Waals surface area contributed by atoms with E-state index in [2.05, 4.69) is 26.4 Å². The molecule has 2 aromatic rings. The van der Waals surface area contributed by atoms with Gasteiger partial charge in [0, 0.05) is 37.4 Å². The molecular weight excluding hydrogens is 290 g/mol. The van der Waals surface area contributed by atoms with E-state index in [0.29, 0.717) is 36.2 Å². The number of terminal acetylenes is 1. The summed E-state index contributed by atoms with van der Waals surface area (Å²) in [5.74, 6) is 2.36. The first kappa shape index (κ1) is 15.0. The zero-order valence-electron chi connectivity index (χ0n) is 12.6. The van der Waals surface area contributed by atoms with Crippen LogP contribution in [0.5, 0.6) is 0 Å². The molecule has 0 spiro atoms. The number of nitrogens with two attached hydrogens (primary N) is 1. The van der Waals surface area contributed by atoms with Crippen LogP contribution in [0.2, 0.25) is 0 Å². The summed E-state index contributed by atoms with van der Waals surface area (Å²) in [7, 11) is 0. The Morgan fingerprint density at radius 1 is 1.30 bits per heavy atom. The van der Waals surface area contributed by atoms with Gasteiger partial charge >= 0.3 is 0 Å². The summed E-state index contributed by atoms with van der Waals surface area (Å²) in [6, 6.07) is 7.30. The predicted octanol–water partition coefficient (Wildman–Crippen LogP) is 2.51. The first-order valence-corrected chi connectivity index (χ1v) is 7.44. The molecule has 0 aliphatic carbocycles. The first-order valence-electron chi connectivity index (χ1n) is 7.44. The molecule has 1 aromatic heterocycles. The van der Waals surface area contributed by atoms with E-state index in [9.17, 15) is 4.79 Å². The summed E-state index contributed by atoms with van der Waals surface area (Å²) in [5, 5.41) is 11.9. The highest BCUT2D eigenvalue weighted by Gasteiger charge is 2.38. The lowest BCUT2D eigenvalue weighted by atomic mass is 10.0. The fourth-order valence-electron chi connectivity index (χ4n) is 2.51. The summed E-state index contributed by atoms with van der Waals surface area (Å²) in [4.78, 5) is 16.6. The number of pyridine rings is 1. The van der Waals surface area contributed by atoms with Crippen LogP contribution in [0.4, 0.5) is 5.69 Å².